The average molecular weight is 208 g/mol. The molecule has 0 bridgehead atoms. The van der Waals surface area contributed by atoms with E-state index in [9.17, 15) is 13.2 Å². The van der Waals surface area contributed by atoms with Crippen molar-refractivity contribution >= 4 is 0 Å². The third kappa shape index (κ3) is 2.03. The molecule has 1 spiro atoms. The number of likely N-dealkylation sites (tertiary alicyclic amines) is 2. The molecule has 2 aliphatic rings. The van der Waals surface area contributed by atoms with E-state index in [1.807, 2.05) is 7.05 Å². The topological polar surface area (TPSA) is 6.48 Å². The summed E-state index contributed by atoms with van der Waals surface area (Å²) in [5.41, 5.74) is 0.181. The van der Waals surface area contributed by atoms with Gasteiger partial charge in [0.15, 0.2) is 0 Å². The van der Waals surface area contributed by atoms with Gasteiger partial charge in [-0.15, -0.1) is 0 Å². The Balaban J connectivity index is 1.84. The highest BCUT2D eigenvalue weighted by atomic mass is 19.4. The maximum atomic E-state index is 12.1. The van der Waals surface area contributed by atoms with Crippen molar-refractivity contribution in [3.63, 3.8) is 0 Å². The Morgan fingerprint density at radius 3 is 2.36 bits per heavy atom. The number of halogens is 3. The lowest BCUT2D eigenvalue weighted by Gasteiger charge is -2.46. The molecule has 14 heavy (non-hydrogen) atoms. The molecule has 0 N–H and O–H groups in total. The third-order valence-corrected chi connectivity index (χ3v) is 3.13. The van der Waals surface area contributed by atoms with Gasteiger partial charge >= 0.3 is 6.18 Å². The molecule has 2 saturated heterocycles. The van der Waals surface area contributed by atoms with Gasteiger partial charge in [-0.05, 0) is 20.0 Å². The van der Waals surface area contributed by atoms with E-state index in [-0.39, 0.29) is 5.41 Å². The lowest BCUT2D eigenvalue weighted by atomic mass is 9.79. The number of alkyl halides is 3. The minimum Gasteiger partial charge on any atom is -0.305 e. The third-order valence-electron chi connectivity index (χ3n) is 3.13. The van der Waals surface area contributed by atoms with E-state index < -0.39 is 12.7 Å². The van der Waals surface area contributed by atoms with Crippen molar-refractivity contribution in [2.75, 3.05) is 39.8 Å². The fourth-order valence-corrected chi connectivity index (χ4v) is 2.77. The number of rotatable bonds is 1. The van der Waals surface area contributed by atoms with Crippen molar-refractivity contribution in [2.45, 2.75) is 12.6 Å². The van der Waals surface area contributed by atoms with Crippen LogP contribution in [0.25, 0.3) is 0 Å². The minimum absolute atomic E-state index is 0.181. The van der Waals surface area contributed by atoms with Crippen LogP contribution in [0.4, 0.5) is 13.2 Å². The Morgan fingerprint density at radius 2 is 1.86 bits per heavy atom. The van der Waals surface area contributed by atoms with Crippen LogP contribution in [-0.2, 0) is 0 Å². The largest absolute Gasteiger partial charge is 0.401 e. The van der Waals surface area contributed by atoms with Crippen molar-refractivity contribution in [1.82, 2.24) is 9.80 Å². The predicted molar refractivity (Wildman–Crippen MR) is 47.0 cm³/mol. The highest BCUT2D eigenvalue weighted by molar-refractivity contribution is 5.00. The van der Waals surface area contributed by atoms with E-state index >= 15 is 0 Å². The Bertz CT molecular complexity index is 221. The second-order valence-corrected chi connectivity index (χ2v) is 4.75. The first-order chi connectivity index (χ1) is 6.39. The number of hydrogen-bond donors (Lipinski definition) is 0. The average Bonchev–Trinajstić information content (AvgIpc) is 2.27. The summed E-state index contributed by atoms with van der Waals surface area (Å²) in [5.74, 6) is 0. The van der Waals surface area contributed by atoms with Gasteiger partial charge in [0.1, 0.15) is 0 Å². The predicted octanol–water partition coefficient (Wildman–Crippen LogP) is 1.19. The van der Waals surface area contributed by atoms with E-state index in [4.69, 9.17) is 0 Å². The molecular formula is C9H15F3N2. The zero-order chi connectivity index (χ0) is 10.4. The van der Waals surface area contributed by atoms with E-state index in [0.29, 0.717) is 13.1 Å². The summed E-state index contributed by atoms with van der Waals surface area (Å²) in [6.45, 7) is 2.41. The molecular weight excluding hydrogens is 193 g/mol. The van der Waals surface area contributed by atoms with Gasteiger partial charge in [0.2, 0.25) is 0 Å². The fraction of sp³-hybridized carbons (Fsp3) is 1.00. The molecule has 2 rings (SSSR count). The van der Waals surface area contributed by atoms with Gasteiger partial charge in [-0.2, -0.15) is 13.2 Å². The second kappa shape index (κ2) is 3.10. The summed E-state index contributed by atoms with van der Waals surface area (Å²) < 4.78 is 36.3. The van der Waals surface area contributed by atoms with Crippen LogP contribution in [0.15, 0.2) is 0 Å². The van der Waals surface area contributed by atoms with Crippen LogP contribution in [0.1, 0.15) is 6.42 Å². The summed E-state index contributed by atoms with van der Waals surface area (Å²) in [7, 11) is 2.01. The Morgan fingerprint density at radius 1 is 1.21 bits per heavy atom. The zero-order valence-electron chi connectivity index (χ0n) is 8.27. The van der Waals surface area contributed by atoms with Crippen molar-refractivity contribution in [2.24, 2.45) is 5.41 Å². The molecule has 5 heteroatoms. The molecule has 0 aliphatic carbocycles. The highest BCUT2D eigenvalue weighted by Gasteiger charge is 2.47. The SMILES string of the molecule is CN1CC2(CCN(CC(F)(F)F)C2)C1. The Hall–Kier alpha value is -0.290. The van der Waals surface area contributed by atoms with Crippen LogP contribution < -0.4 is 0 Å². The van der Waals surface area contributed by atoms with Crippen LogP contribution >= 0.6 is 0 Å². The minimum atomic E-state index is -4.04. The smallest absolute Gasteiger partial charge is 0.305 e. The highest BCUT2D eigenvalue weighted by Crippen LogP contribution is 2.39. The van der Waals surface area contributed by atoms with Crippen molar-refractivity contribution < 1.29 is 13.2 Å². The first kappa shape index (κ1) is 10.2. The molecule has 0 aromatic rings. The standard InChI is InChI=1S/C9H15F3N2/c1-13-4-8(5-13)2-3-14(6-8)7-9(10,11)12/h2-7H2,1H3. The van der Waals surface area contributed by atoms with Gasteiger partial charge in [-0.1, -0.05) is 0 Å². The molecule has 0 aromatic carbocycles. The Kier molecular flexibility index (Phi) is 2.27. The van der Waals surface area contributed by atoms with Crippen LogP contribution in [-0.4, -0.2) is 55.7 Å². The summed E-state index contributed by atoms with van der Waals surface area (Å²) in [4.78, 5) is 3.70. The molecule has 2 nitrogen and oxygen atoms in total. The summed E-state index contributed by atoms with van der Waals surface area (Å²) in [5, 5.41) is 0. The summed E-state index contributed by atoms with van der Waals surface area (Å²) in [6, 6.07) is 0. The lowest BCUT2D eigenvalue weighted by molar-refractivity contribution is -0.145. The van der Waals surface area contributed by atoms with Gasteiger partial charge in [-0.25, -0.2) is 0 Å². The van der Waals surface area contributed by atoms with Crippen molar-refractivity contribution in [3.05, 3.63) is 0 Å². The molecule has 2 heterocycles. The van der Waals surface area contributed by atoms with E-state index in [1.165, 1.54) is 4.90 Å². The molecule has 0 radical (unpaired) electrons. The van der Waals surface area contributed by atoms with Gasteiger partial charge in [0.05, 0.1) is 6.54 Å². The number of hydrogen-bond acceptors (Lipinski definition) is 2. The maximum Gasteiger partial charge on any atom is 0.401 e. The van der Waals surface area contributed by atoms with Crippen LogP contribution in [0.2, 0.25) is 0 Å². The van der Waals surface area contributed by atoms with Crippen LogP contribution in [0.3, 0.4) is 0 Å². The molecule has 2 fully saturated rings. The van der Waals surface area contributed by atoms with Gasteiger partial charge in [-0.3, -0.25) is 4.90 Å². The first-order valence-electron chi connectivity index (χ1n) is 4.86. The normalized spacial score (nSPS) is 28.3. The molecule has 0 amide bonds. The van der Waals surface area contributed by atoms with Crippen molar-refractivity contribution in [3.8, 4) is 0 Å². The summed E-state index contributed by atoms with van der Waals surface area (Å²) >= 11 is 0. The molecule has 0 unspecified atom stereocenters. The second-order valence-electron chi connectivity index (χ2n) is 4.75. The monoisotopic (exact) mass is 208 g/mol. The van der Waals surface area contributed by atoms with E-state index in [0.717, 1.165) is 19.5 Å². The van der Waals surface area contributed by atoms with Crippen molar-refractivity contribution in [1.29, 1.82) is 0 Å². The van der Waals surface area contributed by atoms with E-state index in [1.54, 1.807) is 0 Å². The molecule has 0 atom stereocenters. The molecule has 82 valence electrons. The van der Waals surface area contributed by atoms with Gasteiger partial charge in [0.25, 0.3) is 0 Å². The zero-order valence-corrected chi connectivity index (χ0v) is 8.27. The summed E-state index contributed by atoms with van der Waals surface area (Å²) in [6.07, 6.45) is -3.12. The van der Waals surface area contributed by atoms with Crippen LogP contribution in [0, 0.1) is 5.41 Å². The number of nitrogens with zero attached hydrogens (tertiary/aromatic N) is 2. The van der Waals surface area contributed by atoms with E-state index in [2.05, 4.69) is 4.90 Å². The van der Waals surface area contributed by atoms with Gasteiger partial charge in [0, 0.05) is 25.0 Å². The maximum absolute atomic E-state index is 12.1. The van der Waals surface area contributed by atoms with Crippen LogP contribution in [0.5, 0.6) is 0 Å². The lowest BCUT2D eigenvalue weighted by Crippen LogP contribution is -2.55. The molecule has 2 aliphatic heterocycles. The quantitative estimate of drug-likeness (QED) is 0.638. The Labute approximate surface area is 81.7 Å². The van der Waals surface area contributed by atoms with Gasteiger partial charge < -0.3 is 4.90 Å². The molecule has 0 saturated carbocycles. The molecule has 0 aromatic heterocycles. The first-order valence-corrected chi connectivity index (χ1v) is 4.86. The fourth-order valence-electron chi connectivity index (χ4n) is 2.77.